The fraction of sp³-hybridized carbons (Fsp3) is 0.476. The van der Waals surface area contributed by atoms with Gasteiger partial charge in [-0.15, -0.1) is 0 Å². The number of ether oxygens (including phenoxy) is 1. The molecule has 4 rings (SSSR count). The van der Waals surface area contributed by atoms with Crippen LogP contribution < -0.4 is 4.90 Å². The van der Waals surface area contributed by atoms with Crippen LogP contribution in [0.2, 0.25) is 0 Å². The first-order chi connectivity index (χ1) is 13.5. The van der Waals surface area contributed by atoms with E-state index in [2.05, 4.69) is 31.1 Å². The van der Waals surface area contributed by atoms with E-state index < -0.39 is 0 Å². The lowest BCUT2D eigenvalue weighted by atomic mass is 10.1. The molecule has 0 saturated carbocycles. The van der Waals surface area contributed by atoms with Gasteiger partial charge >= 0.3 is 0 Å². The van der Waals surface area contributed by atoms with E-state index in [1.54, 1.807) is 16.2 Å². The van der Waals surface area contributed by atoms with E-state index in [1.165, 1.54) is 5.56 Å². The van der Waals surface area contributed by atoms with Crippen molar-refractivity contribution < 1.29 is 9.53 Å². The number of carbonyl (C=O) groups excluding carboxylic acids is 1. The molecule has 1 aliphatic rings. The molecule has 28 heavy (non-hydrogen) atoms. The molecule has 148 valence electrons. The number of carbonyl (C=O) groups is 1. The maximum absolute atomic E-state index is 13.4. The van der Waals surface area contributed by atoms with Crippen LogP contribution >= 0.6 is 11.3 Å². The molecule has 0 spiro atoms. The van der Waals surface area contributed by atoms with Crippen molar-refractivity contribution in [3.8, 4) is 0 Å². The van der Waals surface area contributed by atoms with Crippen LogP contribution in [0.5, 0.6) is 0 Å². The number of hydrogen-bond donors (Lipinski definition) is 0. The first-order valence-electron chi connectivity index (χ1n) is 9.82. The Kier molecular flexibility index (Phi) is 5.21. The second-order valence-electron chi connectivity index (χ2n) is 7.46. The Morgan fingerprint density at radius 2 is 2.14 bits per heavy atom. The van der Waals surface area contributed by atoms with E-state index in [4.69, 9.17) is 9.72 Å². The van der Waals surface area contributed by atoms with Crippen molar-refractivity contribution in [1.82, 2.24) is 14.8 Å². The van der Waals surface area contributed by atoms with Crippen molar-refractivity contribution in [3.63, 3.8) is 0 Å². The van der Waals surface area contributed by atoms with Crippen LogP contribution in [0.3, 0.4) is 0 Å². The van der Waals surface area contributed by atoms with Crippen molar-refractivity contribution in [2.45, 2.75) is 53.2 Å². The summed E-state index contributed by atoms with van der Waals surface area (Å²) in [6.45, 7) is 10.2. The van der Waals surface area contributed by atoms with Gasteiger partial charge in [0.15, 0.2) is 10.8 Å². The highest BCUT2D eigenvalue weighted by atomic mass is 32.1. The number of benzene rings is 1. The molecule has 3 heterocycles. The van der Waals surface area contributed by atoms with Crippen LogP contribution in [0, 0.1) is 20.8 Å². The van der Waals surface area contributed by atoms with Crippen molar-refractivity contribution in [1.29, 1.82) is 0 Å². The van der Waals surface area contributed by atoms with E-state index >= 15 is 0 Å². The van der Waals surface area contributed by atoms with Gasteiger partial charge in [0.1, 0.15) is 0 Å². The smallest absolute Gasteiger partial charge is 0.280 e. The largest absolute Gasteiger partial charge is 0.376 e. The molecule has 1 saturated heterocycles. The molecule has 2 aromatic heterocycles. The van der Waals surface area contributed by atoms with Crippen molar-refractivity contribution in [3.05, 3.63) is 40.7 Å². The number of fused-ring (bicyclic) bond motifs is 1. The number of amides is 1. The third-order valence-electron chi connectivity index (χ3n) is 5.20. The minimum Gasteiger partial charge on any atom is -0.376 e. The Balaban J connectivity index is 1.74. The Morgan fingerprint density at radius 1 is 1.32 bits per heavy atom. The molecule has 0 bridgehead atoms. The van der Waals surface area contributed by atoms with Crippen LogP contribution in [0.1, 0.15) is 47.1 Å². The highest BCUT2D eigenvalue weighted by Crippen LogP contribution is 2.33. The molecular formula is C21H26N4O2S. The van der Waals surface area contributed by atoms with Gasteiger partial charge in [-0.1, -0.05) is 17.4 Å². The van der Waals surface area contributed by atoms with Crippen molar-refractivity contribution in [2.24, 2.45) is 0 Å². The predicted octanol–water partition coefficient (Wildman–Crippen LogP) is 4.26. The average Bonchev–Trinajstić information content (AvgIpc) is 3.38. The van der Waals surface area contributed by atoms with Gasteiger partial charge in [-0.25, -0.2) is 4.98 Å². The number of anilines is 1. The number of aromatic nitrogens is 3. The lowest BCUT2D eigenvalue weighted by Gasteiger charge is -2.22. The van der Waals surface area contributed by atoms with Crippen LogP contribution in [0.4, 0.5) is 5.13 Å². The van der Waals surface area contributed by atoms with E-state index in [9.17, 15) is 4.79 Å². The molecular weight excluding hydrogens is 372 g/mol. The summed E-state index contributed by atoms with van der Waals surface area (Å²) in [5.74, 6) is -0.112. The fourth-order valence-electron chi connectivity index (χ4n) is 3.79. The zero-order chi connectivity index (χ0) is 19.8. The molecule has 0 N–H and O–H groups in total. The molecule has 1 aromatic carbocycles. The van der Waals surface area contributed by atoms with Crippen LogP contribution in [0.15, 0.2) is 18.2 Å². The highest BCUT2D eigenvalue weighted by Gasteiger charge is 2.28. The minimum atomic E-state index is -0.112. The molecule has 1 aliphatic heterocycles. The molecule has 6 nitrogen and oxygen atoms in total. The standard InChI is InChI=1S/C21H26N4O2S/c1-5-25-15(4)11-17(23-25)20(26)24(12-16-7-6-8-27-16)21-22-19-14(3)9-13(2)10-18(19)28-21/h9-11,16H,5-8,12H2,1-4H3. The van der Waals surface area contributed by atoms with E-state index in [0.29, 0.717) is 17.4 Å². The summed E-state index contributed by atoms with van der Waals surface area (Å²) in [4.78, 5) is 20.0. The average molecular weight is 399 g/mol. The summed E-state index contributed by atoms with van der Waals surface area (Å²) in [7, 11) is 0. The molecule has 0 radical (unpaired) electrons. The van der Waals surface area contributed by atoms with Crippen molar-refractivity contribution in [2.75, 3.05) is 18.1 Å². The normalized spacial score (nSPS) is 16.8. The Labute approximate surface area is 169 Å². The third kappa shape index (κ3) is 3.56. The quantitative estimate of drug-likeness (QED) is 0.644. The monoisotopic (exact) mass is 398 g/mol. The molecule has 1 atom stereocenters. The predicted molar refractivity (Wildman–Crippen MR) is 112 cm³/mol. The van der Waals surface area contributed by atoms with Gasteiger partial charge in [0, 0.05) is 18.8 Å². The maximum atomic E-state index is 13.4. The summed E-state index contributed by atoms with van der Waals surface area (Å²) in [6, 6.07) is 6.12. The second-order valence-corrected chi connectivity index (χ2v) is 8.47. The SMILES string of the molecule is CCn1nc(C(=O)N(CC2CCCO2)c2nc3c(C)cc(C)cc3s2)cc1C. The third-order valence-corrected chi connectivity index (χ3v) is 6.23. The van der Waals surface area contributed by atoms with Gasteiger partial charge in [-0.3, -0.25) is 14.4 Å². The zero-order valence-corrected chi connectivity index (χ0v) is 17.7. The van der Waals surface area contributed by atoms with Gasteiger partial charge in [-0.05, 0) is 63.8 Å². The van der Waals surface area contributed by atoms with E-state index in [0.717, 1.165) is 47.5 Å². The number of thiazole rings is 1. The number of aryl methyl sites for hydroxylation is 4. The summed E-state index contributed by atoms with van der Waals surface area (Å²) in [5, 5.41) is 5.21. The lowest BCUT2D eigenvalue weighted by molar-refractivity contribution is 0.0912. The lowest BCUT2D eigenvalue weighted by Crippen LogP contribution is -2.37. The molecule has 0 aliphatic carbocycles. The van der Waals surface area contributed by atoms with Gasteiger partial charge in [0.2, 0.25) is 0 Å². The summed E-state index contributed by atoms with van der Waals surface area (Å²) >= 11 is 1.56. The summed E-state index contributed by atoms with van der Waals surface area (Å²) in [5.41, 5.74) is 4.75. The zero-order valence-electron chi connectivity index (χ0n) is 16.9. The number of rotatable bonds is 5. The van der Waals surface area contributed by atoms with E-state index in [1.807, 2.05) is 24.6 Å². The number of hydrogen-bond acceptors (Lipinski definition) is 5. The molecule has 1 unspecified atom stereocenters. The van der Waals surface area contributed by atoms with Gasteiger partial charge in [0.05, 0.1) is 22.9 Å². The number of nitrogens with zero attached hydrogens (tertiary/aromatic N) is 4. The Hall–Kier alpha value is -2.25. The summed E-state index contributed by atoms with van der Waals surface area (Å²) < 4.78 is 8.77. The van der Waals surface area contributed by atoms with Crippen LogP contribution in [-0.2, 0) is 11.3 Å². The molecule has 1 amide bonds. The van der Waals surface area contributed by atoms with Gasteiger partial charge < -0.3 is 4.74 Å². The van der Waals surface area contributed by atoms with Gasteiger partial charge in [0.25, 0.3) is 5.91 Å². The highest BCUT2D eigenvalue weighted by molar-refractivity contribution is 7.22. The fourth-order valence-corrected chi connectivity index (χ4v) is 4.94. The van der Waals surface area contributed by atoms with E-state index in [-0.39, 0.29) is 12.0 Å². The maximum Gasteiger partial charge on any atom is 0.280 e. The van der Waals surface area contributed by atoms with Crippen LogP contribution in [-0.4, -0.2) is 39.9 Å². The van der Waals surface area contributed by atoms with Crippen molar-refractivity contribution >= 4 is 32.6 Å². The molecule has 7 heteroatoms. The summed E-state index contributed by atoms with van der Waals surface area (Å²) in [6.07, 6.45) is 2.05. The van der Waals surface area contributed by atoms with Gasteiger partial charge in [-0.2, -0.15) is 5.10 Å². The minimum absolute atomic E-state index is 0.0492. The Morgan fingerprint density at radius 3 is 2.82 bits per heavy atom. The molecule has 1 fully saturated rings. The first kappa shape index (κ1) is 19.1. The second kappa shape index (κ2) is 7.64. The Bertz CT molecular complexity index is 1020. The first-order valence-corrected chi connectivity index (χ1v) is 10.6. The van der Waals surface area contributed by atoms with Crippen LogP contribution in [0.25, 0.3) is 10.2 Å². The molecule has 3 aromatic rings. The topological polar surface area (TPSA) is 60.2 Å².